The first kappa shape index (κ1) is 10.4. The van der Waals surface area contributed by atoms with Crippen molar-refractivity contribution >= 4 is 5.69 Å². The second kappa shape index (κ2) is 5.09. The number of aromatic nitrogens is 1. The van der Waals surface area contributed by atoms with Crippen LogP contribution in [0.3, 0.4) is 0 Å². The van der Waals surface area contributed by atoms with Crippen LogP contribution in [0.15, 0.2) is 18.3 Å². The Kier molecular flexibility index (Phi) is 3.53. The normalized spacial score (nSPS) is 17.5. The number of ether oxygens (including phenoxy) is 1. The summed E-state index contributed by atoms with van der Waals surface area (Å²) < 4.78 is 5.41. The zero-order valence-electron chi connectivity index (χ0n) is 8.85. The largest absolute Gasteiger partial charge is 0.380 e. The molecule has 1 aromatic heterocycles. The van der Waals surface area contributed by atoms with E-state index in [-0.39, 0.29) is 0 Å². The number of pyridine rings is 1. The number of nitrogens with zero attached hydrogens (tertiary/aromatic N) is 2. The number of rotatable bonds is 2. The van der Waals surface area contributed by atoms with Gasteiger partial charge in [0, 0.05) is 26.2 Å². The summed E-state index contributed by atoms with van der Waals surface area (Å²) in [6, 6.07) is 4.07. The zero-order chi connectivity index (χ0) is 10.5. The molecule has 2 rings (SSSR count). The van der Waals surface area contributed by atoms with E-state index < -0.39 is 0 Å². The van der Waals surface area contributed by atoms with Crippen molar-refractivity contribution in [3.8, 4) is 0 Å². The minimum atomic E-state index is 0.503. The fourth-order valence-electron chi connectivity index (χ4n) is 1.73. The van der Waals surface area contributed by atoms with Gasteiger partial charge in [-0.1, -0.05) is 0 Å². The van der Waals surface area contributed by atoms with Gasteiger partial charge in [-0.05, 0) is 18.6 Å². The average Bonchev–Trinajstić information content (AvgIpc) is 2.58. The molecule has 4 heteroatoms. The van der Waals surface area contributed by atoms with Crippen LogP contribution in [0.5, 0.6) is 0 Å². The minimum Gasteiger partial charge on any atom is -0.380 e. The molecular weight excluding hydrogens is 190 g/mol. The predicted molar refractivity (Wildman–Crippen MR) is 59.8 cm³/mol. The third-order valence-electron chi connectivity index (χ3n) is 2.61. The van der Waals surface area contributed by atoms with Crippen LogP contribution in [0.1, 0.15) is 12.1 Å². The lowest BCUT2D eigenvalue weighted by Crippen LogP contribution is -2.25. The fourth-order valence-corrected chi connectivity index (χ4v) is 1.73. The maximum absolute atomic E-state index is 5.51. The van der Waals surface area contributed by atoms with Gasteiger partial charge in [0.2, 0.25) is 0 Å². The van der Waals surface area contributed by atoms with E-state index in [0.717, 1.165) is 44.1 Å². The number of nitrogens with two attached hydrogens (primary N) is 1. The second-order valence-corrected chi connectivity index (χ2v) is 3.66. The highest BCUT2D eigenvalue weighted by Gasteiger charge is 2.09. The van der Waals surface area contributed by atoms with Gasteiger partial charge in [-0.25, -0.2) is 0 Å². The molecule has 0 amide bonds. The average molecular weight is 207 g/mol. The highest BCUT2D eigenvalue weighted by atomic mass is 16.5. The number of hydrogen-bond donors (Lipinski definition) is 1. The van der Waals surface area contributed by atoms with Crippen LogP contribution in [0.2, 0.25) is 0 Å². The SMILES string of the molecule is NCc1ccc(N2CCCOCC2)cn1. The summed E-state index contributed by atoms with van der Waals surface area (Å²) in [7, 11) is 0. The quantitative estimate of drug-likeness (QED) is 0.778. The van der Waals surface area contributed by atoms with Crippen LogP contribution >= 0.6 is 0 Å². The molecule has 2 heterocycles. The first-order chi connectivity index (χ1) is 7.40. The van der Waals surface area contributed by atoms with Crippen molar-refractivity contribution in [1.82, 2.24) is 4.98 Å². The lowest BCUT2D eigenvalue weighted by molar-refractivity contribution is 0.152. The lowest BCUT2D eigenvalue weighted by Gasteiger charge is -2.21. The van der Waals surface area contributed by atoms with Crippen molar-refractivity contribution in [2.45, 2.75) is 13.0 Å². The van der Waals surface area contributed by atoms with Gasteiger partial charge in [0.1, 0.15) is 0 Å². The molecule has 1 aromatic rings. The van der Waals surface area contributed by atoms with E-state index in [0.29, 0.717) is 6.54 Å². The third kappa shape index (κ3) is 2.67. The van der Waals surface area contributed by atoms with Gasteiger partial charge in [0.15, 0.2) is 0 Å². The van der Waals surface area contributed by atoms with Gasteiger partial charge >= 0.3 is 0 Å². The molecule has 1 fully saturated rings. The van der Waals surface area contributed by atoms with Crippen LogP contribution in [0, 0.1) is 0 Å². The second-order valence-electron chi connectivity index (χ2n) is 3.66. The Morgan fingerprint density at radius 3 is 3.00 bits per heavy atom. The maximum atomic E-state index is 5.51. The van der Waals surface area contributed by atoms with Crippen LogP contribution in [0.25, 0.3) is 0 Å². The summed E-state index contributed by atoms with van der Waals surface area (Å²) in [5.41, 5.74) is 7.61. The Morgan fingerprint density at radius 2 is 2.27 bits per heavy atom. The molecule has 1 aliphatic heterocycles. The highest BCUT2D eigenvalue weighted by molar-refractivity contribution is 5.44. The molecule has 15 heavy (non-hydrogen) atoms. The van der Waals surface area contributed by atoms with Gasteiger partial charge in [0.25, 0.3) is 0 Å². The van der Waals surface area contributed by atoms with E-state index in [1.165, 1.54) is 0 Å². The first-order valence-electron chi connectivity index (χ1n) is 5.38. The van der Waals surface area contributed by atoms with Crippen molar-refractivity contribution in [2.24, 2.45) is 5.73 Å². The highest BCUT2D eigenvalue weighted by Crippen LogP contribution is 2.14. The monoisotopic (exact) mass is 207 g/mol. The molecule has 0 atom stereocenters. The molecule has 0 radical (unpaired) electrons. The molecule has 0 aliphatic carbocycles. The Morgan fingerprint density at radius 1 is 1.33 bits per heavy atom. The molecule has 4 nitrogen and oxygen atoms in total. The van der Waals surface area contributed by atoms with E-state index in [1.54, 1.807) is 0 Å². The van der Waals surface area contributed by atoms with Crippen molar-refractivity contribution in [3.63, 3.8) is 0 Å². The molecule has 0 unspecified atom stereocenters. The van der Waals surface area contributed by atoms with E-state index in [2.05, 4.69) is 16.0 Å². The standard InChI is InChI=1S/C11H17N3O/c12-8-10-2-3-11(9-13-10)14-4-1-6-15-7-5-14/h2-3,9H,1,4-8,12H2. The Labute approximate surface area is 90.0 Å². The summed E-state index contributed by atoms with van der Waals surface area (Å²) >= 11 is 0. The topological polar surface area (TPSA) is 51.4 Å². The third-order valence-corrected chi connectivity index (χ3v) is 2.61. The van der Waals surface area contributed by atoms with Crippen LogP contribution in [0.4, 0.5) is 5.69 Å². The first-order valence-corrected chi connectivity index (χ1v) is 5.38. The molecule has 0 aromatic carbocycles. The Bertz CT molecular complexity index is 291. The maximum Gasteiger partial charge on any atom is 0.0641 e. The van der Waals surface area contributed by atoms with Crippen LogP contribution < -0.4 is 10.6 Å². The molecular formula is C11H17N3O. The number of hydrogen-bond acceptors (Lipinski definition) is 4. The molecule has 1 aliphatic rings. The summed E-state index contributed by atoms with van der Waals surface area (Å²) in [5.74, 6) is 0. The van der Waals surface area contributed by atoms with E-state index in [1.807, 2.05) is 12.3 Å². The molecule has 82 valence electrons. The fraction of sp³-hybridized carbons (Fsp3) is 0.545. The molecule has 2 N–H and O–H groups in total. The van der Waals surface area contributed by atoms with Gasteiger partial charge in [-0.3, -0.25) is 4.98 Å². The van der Waals surface area contributed by atoms with E-state index >= 15 is 0 Å². The van der Waals surface area contributed by atoms with Gasteiger partial charge < -0.3 is 15.4 Å². The van der Waals surface area contributed by atoms with Gasteiger partial charge in [0.05, 0.1) is 24.2 Å². The van der Waals surface area contributed by atoms with Crippen molar-refractivity contribution in [2.75, 3.05) is 31.2 Å². The lowest BCUT2D eigenvalue weighted by atomic mass is 10.3. The van der Waals surface area contributed by atoms with Crippen molar-refractivity contribution < 1.29 is 4.74 Å². The van der Waals surface area contributed by atoms with Crippen molar-refractivity contribution in [1.29, 1.82) is 0 Å². The smallest absolute Gasteiger partial charge is 0.0641 e. The summed E-state index contributed by atoms with van der Waals surface area (Å²) in [6.07, 6.45) is 2.98. The van der Waals surface area contributed by atoms with Gasteiger partial charge in [-0.15, -0.1) is 0 Å². The van der Waals surface area contributed by atoms with E-state index in [4.69, 9.17) is 10.5 Å². The van der Waals surface area contributed by atoms with Crippen LogP contribution in [-0.2, 0) is 11.3 Å². The van der Waals surface area contributed by atoms with E-state index in [9.17, 15) is 0 Å². The molecule has 0 spiro atoms. The molecule has 0 bridgehead atoms. The number of anilines is 1. The molecule has 1 saturated heterocycles. The Hall–Kier alpha value is -1.13. The zero-order valence-corrected chi connectivity index (χ0v) is 8.85. The van der Waals surface area contributed by atoms with Gasteiger partial charge in [-0.2, -0.15) is 0 Å². The Balaban J connectivity index is 2.06. The minimum absolute atomic E-state index is 0.503. The predicted octanol–water partition coefficient (Wildman–Crippen LogP) is 0.767. The summed E-state index contributed by atoms with van der Waals surface area (Å²) in [6.45, 7) is 4.17. The summed E-state index contributed by atoms with van der Waals surface area (Å²) in [4.78, 5) is 6.60. The molecule has 0 saturated carbocycles. The van der Waals surface area contributed by atoms with Crippen LogP contribution in [-0.4, -0.2) is 31.3 Å². The summed E-state index contributed by atoms with van der Waals surface area (Å²) in [5, 5.41) is 0. The van der Waals surface area contributed by atoms with Crippen molar-refractivity contribution in [3.05, 3.63) is 24.0 Å².